The quantitative estimate of drug-likeness (QED) is 0.887. The fourth-order valence-corrected chi connectivity index (χ4v) is 3.78. The highest BCUT2D eigenvalue weighted by atomic mass is 16.2. The first-order chi connectivity index (χ1) is 10.5. The lowest BCUT2D eigenvalue weighted by Crippen LogP contribution is -2.62. The van der Waals surface area contributed by atoms with E-state index in [1.165, 1.54) is 0 Å². The van der Waals surface area contributed by atoms with Crippen molar-refractivity contribution in [3.63, 3.8) is 0 Å². The maximum atomic E-state index is 13.0. The van der Waals surface area contributed by atoms with Gasteiger partial charge < -0.3 is 9.80 Å². The first-order valence-corrected chi connectivity index (χ1v) is 7.98. The summed E-state index contributed by atoms with van der Waals surface area (Å²) in [5, 5.41) is 10.4. The smallest absolute Gasteiger partial charge is 0.277 e. The van der Waals surface area contributed by atoms with Crippen molar-refractivity contribution in [1.82, 2.24) is 25.2 Å². The fourth-order valence-electron chi connectivity index (χ4n) is 3.78. The molecule has 1 aromatic heterocycles. The summed E-state index contributed by atoms with van der Waals surface area (Å²) in [6.07, 6.45) is 3.29. The van der Waals surface area contributed by atoms with Crippen molar-refractivity contribution in [3.05, 3.63) is 11.4 Å². The standard InChI is InChI=1S/C15H23N5O2/c1-10(2)19-8-4-6-15(14(19)22)7-5-9-20(15)13(21)12-11(3)16-18-17-12/h10H,4-9H2,1-3H3,(H,16,17,18). The highest BCUT2D eigenvalue weighted by Crippen LogP contribution is 2.39. The van der Waals surface area contributed by atoms with Crippen LogP contribution in [0.5, 0.6) is 0 Å². The molecule has 3 rings (SSSR count). The van der Waals surface area contributed by atoms with E-state index in [1.54, 1.807) is 11.8 Å². The fraction of sp³-hybridized carbons (Fsp3) is 0.733. The number of hydrogen-bond acceptors (Lipinski definition) is 4. The number of aromatic amines is 1. The molecule has 2 aliphatic heterocycles. The van der Waals surface area contributed by atoms with Crippen molar-refractivity contribution < 1.29 is 9.59 Å². The third kappa shape index (κ3) is 2.10. The van der Waals surface area contributed by atoms with Gasteiger partial charge in [0.1, 0.15) is 5.54 Å². The van der Waals surface area contributed by atoms with Crippen molar-refractivity contribution in [2.24, 2.45) is 0 Å². The van der Waals surface area contributed by atoms with Crippen LogP contribution in [0.15, 0.2) is 0 Å². The number of nitrogens with one attached hydrogen (secondary N) is 1. The monoisotopic (exact) mass is 305 g/mol. The molecule has 2 saturated heterocycles. The van der Waals surface area contributed by atoms with E-state index in [4.69, 9.17) is 0 Å². The molecule has 0 aromatic carbocycles. The molecule has 0 aliphatic carbocycles. The van der Waals surface area contributed by atoms with Crippen molar-refractivity contribution in [2.45, 2.75) is 58.0 Å². The predicted molar refractivity (Wildman–Crippen MR) is 80.2 cm³/mol. The Morgan fingerprint density at radius 1 is 1.23 bits per heavy atom. The van der Waals surface area contributed by atoms with Crippen LogP contribution in [0.25, 0.3) is 0 Å². The molecular weight excluding hydrogens is 282 g/mol. The minimum absolute atomic E-state index is 0.0979. The van der Waals surface area contributed by atoms with E-state index < -0.39 is 5.54 Å². The van der Waals surface area contributed by atoms with Gasteiger partial charge in [0.15, 0.2) is 5.69 Å². The van der Waals surface area contributed by atoms with Crippen LogP contribution < -0.4 is 0 Å². The lowest BCUT2D eigenvalue weighted by atomic mass is 9.84. The highest BCUT2D eigenvalue weighted by molar-refractivity contribution is 5.99. The summed E-state index contributed by atoms with van der Waals surface area (Å²) < 4.78 is 0. The van der Waals surface area contributed by atoms with Crippen molar-refractivity contribution in [2.75, 3.05) is 13.1 Å². The average Bonchev–Trinajstić information content (AvgIpc) is 3.08. The topological polar surface area (TPSA) is 82.2 Å². The summed E-state index contributed by atoms with van der Waals surface area (Å²) in [5.41, 5.74) is 0.233. The second-order valence-electron chi connectivity index (χ2n) is 6.55. The summed E-state index contributed by atoms with van der Waals surface area (Å²) in [6.45, 7) is 7.20. The van der Waals surface area contributed by atoms with Gasteiger partial charge in [-0.05, 0) is 46.5 Å². The van der Waals surface area contributed by atoms with Crippen LogP contribution in [0, 0.1) is 6.92 Å². The molecule has 0 saturated carbocycles. The molecule has 2 fully saturated rings. The van der Waals surface area contributed by atoms with Gasteiger partial charge in [-0.3, -0.25) is 9.59 Å². The zero-order chi connectivity index (χ0) is 15.9. The molecule has 1 N–H and O–H groups in total. The van der Waals surface area contributed by atoms with E-state index in [2.05, 4.69) is 15.4 Å². The number of aryl methyl sites for hydroxylation is 1. The van der Waals surface area contributed by atoms with Gasteiger partial charge in [-0.1, -0.05) is 0 Å². The molecule has 2 aliphatic rings. The molecule has 7 heteroatoms. The molecule has 1 unspecified atom stereocenters. The number of likely N-dealkylation sites (tertiary alicyclic amines) is 2. The van der Waals surface area contributed by atoms with Gasteiger partial charge in [-0.15, -0.1) is 0 Å². The molecule has 1 atom stereocenters. The van der Waals surface area contributed by atoms with Gasteiger partial charge in [-0.25, -0.2) is 0 Å². The molecule has 7 nitrogen and oxygen atoms in total. The highest BCUT2D eigenvalue weighted by Gasteiger charge is 2.53. The van der Waals surface area contributed by atoms with Crippen LogP contribution in [-0.2, 0) is 4.79 Å². The van der Waals surface area contributed by atoms with E-state index in [0.29, 0.717) is 17.9 Å². The van der Waals surface area contributed by atoms with Gasteiger partial charge in [0.25, 0.3) is 5.91 Å². The second kappa shape index (κ2) is 5.37. The Morgan fingerprint density at radius 2 is 1.91 bits per heavy atom. The maximum absolute atomic E-state index is 13.0. The van der Waals surface area contributed by atoms with Gasteiger partial charge in [0.05, 0.1) is 5.69 Å². The van der Waals surface area contributed by atoms with Crippen LogP contribution in [0.1, 0.15) is 55.7 Å². The van der Waals surface area contributed by atoms with Crippen molar-refractivity contribution in [1.29, 1.82) is 0 Å². The van der Waals surface area contributed by atoms with E-state index in [1.807, 2.05) is 18.7 Å². The van der Waals surface area contributed by atoms with E-state index in [-0.39, 0.29) is 17.9 Å². The molecule has 2 amide bonds. The lowest BCUT2D eigenvalue weighted by Gasteiger charge is -2.45. The van der Waals surface area contributed by atoms with Gasteiger partial charge in [0, 0.05) is 19.1 Å². The first-order valence-electron chi connectivity index (χ1n) is 7.98. The van der Waals surface area contributed by atoms with E-state index in [0.717, 1.165) is 32.2 Å². The Labute approximate surface area is 130 Å². The summed E-state index contributed by atoms with van der Waals surface area (Å²) in [5.74, 6) is -0.0801. The maximum Gasteiger partial charge on any atom is 0.277 e. The molecule has 22 heavy (non-hydrogen) atoms. The van der Waals surface area contributed by atoms with E-state index in [9.17, 15) is 9.59 Å². The largest absolute Gasteiger partial charge is 0.338 e. The van der Waals surface area contributed by atoms with Crippen LogP contribution in [-0.4, -0.2) is 61.7 Å². The summed E-state index contributed by atoms with van der Waals surface area (Å²) in [4.78, 5) is 29.6. The Balaban J connectivity index is 1.93. The summed E-state index contributed by atoms with van der Waals surface area (Å²) >= 11 is 0. The van der Waals surface area contributed by atoms with Gasteiger partial charge in [0.2, 0.25) is 5.91 Å². The Hall–Kier alpha value is -1.92. The third-order valence-corrected chi connectivity index (χ3v) is 4.93. The van der Waals surface area contributed by atoms with Crippen LogP contribution in [0.4, 0.5) is 0 Å². The molecule has 120 valence electrons. The molecule has 0 bridgehead atoms. The number of nitrogens with zero attached hydrogens (tertiary/aromatic N) is 4. The summed E-state index contributed by atoms with van der Waals surface area (Å²) in [7, 11) is 0. The number of carbonyl (C=O) groups is 2. The van der Waals surface area contributed by atoms with Crippen LogP contribution in [0.2, 0.25) is 0 Å². The number of carbonyl (C=O) groups excluding carboxylic acids is 2. The Kier molecular flexibility index (Phi) is 3.66. The molecule has 3 heterocycles. The third-order valence-electron chi connectivity index (χ3n) is 4.93. The lowest BCUT2D eigenvalue weighted by molar-refractivity contribution is -0.147. The number of hydrogen-bond donors (Lipinski definition) is 1. The molecule has 1 aromatic rings. The zero-order valence-electron chi connectivity index (χ0n) is 13.4. The van der Waals surface area contributed by atoms with Gasteiger partial charge in [-0.2, -0.15) is 15.4 Å². The van der Waals surface area contributed by atoms with Crippen molar-refractivity contribution >= 4 is 11.8 Å². The summed E-state index contributed by atoms with van der Waals surface area (Å²) in [6, 6.07) is 0.163. The number of amides is 2. The van der Waals surface area contributed by atoms with E-state index >= 15 is 0 Å². The normalized spacial score (nSPS) is 25.5. The average molecular weight is 305 g/mol. The number of piperidine rings is 1. The van der Waals surface area contributed by atoms with Gasteiger partial charge >= 0.3 is 0 Å². The SMILES string of the molecule is Cc1n[nH]nc1C(=O)N1CCCC12CCCN(C(C)C)C2=O. The number of aromatic nitrogens is 3. The van der Waals surface area contributed by atoms with Crippen LogP contribution >= 0.6 is 0 Å². The predicted octanol–water partition coefficient (Wildman–Crippen LogP) is 1.12. The van der Waals surface area contributed by atoms with Crippen molar-refractivity contribution in [3.8, 4) is 0 Å². The van der Waals surface area contributed by atoms with Crippen LogP contribution in [0.3, 0.4) is 0 Å². The minimum atomic E-state index is -0.676. The Bertz CT molecular complexity index is 597. The molecule has 0 radical (unpaired) electrons. The first kappa shape index (κ1) is 15.0. The molecule has 1 spiro atoms. The number of H-pyrrole nitrogens is 1. The minimum Gasteiger partial charge on any atom is -0.338 e. The second-order valence-corrected chi connectivity index (χ2v) is 6.55. The number of rotatable bonds is 2. The molecular formula is C15H23N5O2. The Morgan fingerprint density at radius 3 is 2.50 bits per heavy atom. The zero-order valence-corrected chi connectivity index (χ0v) is 13.4.